The smallest absolute Gasteiger partial charge is 0.338 e. The zero-order valence-electron chi connectivity index (χ0n) is 6.34. The molecule has 1 aliphatic heterocycles. The molecule has 1 heterocycles. The molecule has 2 rings (SSSR count). The van der Waals surface area contributed by atoms with Gasteiger partial charge in [-0.2, -0.15) is 0 Å². The van der Waals surface area contributed by atoms with Gasteiger partial charge in [-0.05, 0) is 11.6 Å². The number of carbonyl (C=O) groups is 1. The summed E-state index contributed by atoms with van der Waals surface area (Å²) in [6, 6.07) is 5.81. The van der Waals surface area contributed by atoms with Gasteiger partial charge in [0.1, 0.15) is 6.61 Å². The van der Waals surface area contributed by atoms with Crippen molar-refractivity contribution in [2.75, 3.05) is 0 Å². The van der Waals surface area contributed by atoms with Gasteiger partial charge in [-0.3, -0.25) is 0 Å². The molecule has 2 nitrogen and oxygen atoms in total. The van der Waals surface area contributed by atoms with Crippen molar-refractivity contribution in [3.63, 3.8) is 0 Å². The van der Waals surface area contributed by atoms with Crippen LogP contribution in [-0.2, 0) is 16.7 Å². The van der Waals surface area contributed by atoms with E-state index in [4.69, 9.17) is 4.74 Å². The zero-order valence-corrected chi connectivity index (χ0v) is 7.93. The number of carbonyl (C=O) groups excluding carboxylic acids is 1. The number of hydrogen-bond donors (Lipinski definition) is 0. The third-order valence-corrected chi connectivity index (χ3v) is 2.55. The molecule has 0 fully saturated rings. The van der Waals surface area contributed by atoms with Crippen molar-refractivity contribution in [3.8, 4) is 0 Å². The predicted octanol–water partition coefficient (Wildman–Crippen LogP) is 2.25. The fourth-order valence-electron chi connectivity index (χ4n) is 1.24. The lowest BCUT2D eigenvalue weighted by molar-refractivity contribution is 0.0535. The summed E-state index contributed by atoms with van der Waals surface area (Å²) in [5, 5.41) is 0.771. The summed E-state index contributed by atoms with van der Waals surface area (Å²) in [5.74, 6) is -0.201. The van der Waals surface area contributed by atoms with Crippen LogP contribution in [-0.4, -0.2) is 5.97 Å². The number of cyclic esters (lactones) is 1. The van der Waals surface area contributed by atoms with Crippen LogP contribution in [0.2, 0.25) is 0 Å². The molecule has 0 N–H and O–H groups in total. The van der Waals surface area contributed by atoms with Gasteiger partial charge in [0.25, 0.3) is 0 Å². The molecule has 0 aliphatic carbocycles. The van der Waals surface area contributed by atoms with Crippen molar-refractivity contribution in [2.45, 2.75) is 11.9 Å². The van der Waals surface area contributed by atoms with Crippen molar-refractivity contribution in [3.05, 3.63) is 34.9 Å². The summed E-state index contributed by atoms with van der Waals surface area (Å²) in [4.78, 5) is 11.1. The summed E-state index contributed by atoms with van der Waals surface area (Å²) < 4.78 is 4.87. The van der Waals surface area contributed by atoms with Gasteiger partial charge >= 0.3 is 5.97 Å². The van der Waals surface area contributed by atoms with Crippen LogP contribution in [0.15, 0.2) is 18.2 Å². The van der Waals surface area contributed by atoms with E-state index in [0.29, 0.717) is 12.2 Å². The summed E-state index contributed by atoms with van der Waals surface area (Å²) in [7, 11) is 0. The molecule has 1 aromatic carbocycles. The van der Waals surface area contributed by atoms with Crippen LogP contribution in [0.25, 0.3) is 0 Å². The fraction of sp³-hybridized carbons (Fsp3) is 0.222. The number of hydrogen-bond acceptors (Lipinski definition) is 2. The Balaban J connectivity index is 2.50. The maximum atomic E-state index is 11.1. The SMILES string of the molecule is O=C1OCc2ccc(CBr)cc21. The minimum Gasteiger partial charge on any atom is -0.457 e. The van der Waals surface area contributed by atoms with Gasteiger partial charge in [0, 0.05) is 10.9 Å². The van der Waals surface area contributed by atoms with E-state index in [9.17, 15) is 4.79 Å². The number of esters is 1. The molecule has 3 heteroatoms. The lowest BCUT2D eigenvalue weighted by Gasteiger charge is -1.96. The first-order valence-corrected chi connectivity index (χ1v) is 4.78. The van der Waals surface area contributed by atoms with Gasteiger partial charge in [-0.15, -0.1) is 0 Å². The van der Waals surface area contributed by atoms with Gasteiger partial charge < -0.3 is 4.74 Å². The number of benzene rings is 1. The van der Waals surface area contributed by atoms with Crippen molar-refractivity contribution in [2.24, 2.45) is 0 Å². The van der Waals surface area contributed by atoms with Crippen molar-refractivity contribution < 1.29 is 9.53 Å². The molecule has 0 radical (unpaired) electrons. The molecule has 0 unspecified atom stereocenters. The van der Waals surface area contributed by atoms with Crippen LogP contribution in [0.1, 0.15) is 21.5 Å². The van der Waals surface area contributed by atoms with Crippen LogP contribution in [0, 0.1) is 0 Å². The molecule has 0 amide bonds. The van der Waals surface area contributed by atoms with E-state index in [2.05, 4.69) is 15.9 Å². The van der Waals surface area contributed by atoms with E-state index < -0.39 is 0 Å². The summed E-state index contributed by atoms with van der Waals surface area (Å²) in [6.07, 6.45) is 0. The first kappa shape index (κ1) is 7.80. The van der Waals surface area contributed by atoms with E-state index >= 15 is 0 Å². The van der Waals surface area contributed by atoms with Crippen molar-refractivity contribution in [1.29, 1.82) is 0 Å². The number of halogens is 1. The van der Waals surface area contributed by atoms with Gasteiger partial charge in [-0.25, -0.2) is 4.79 Å². The number of rotatable bonds is 1. The van der Waals surface area contributed by atoms with E-state index in [0.717, 1.165) is 16.5 Å². The monoisotopic (exact) mass is 226 g/mol. The van der Waals surface area contributed by atoms with E-state index in [1.165, 1.54) is 0 Å². The Kier molecular flexibility index (Phi) is 1.89. The Bertz CT molecular complexity index is 333. The van der Waals surface area contributed by atoms with Crippen LogP contribution in [0.5, 0.6) is 0 Å². The molecular formula is C9H7BrO2. The Morgan fingerprint density at radius 1 is 1.50 bits per heavy atom. The number of alkyl halides is 1. The molecular weight excluding hydrogens is 220 g/mol. The fourth-order valence-corrected chi connectivity index (χ4v) is 1.59. The molecule has 0 atom stereocenters. The molecule has 1 aliphatic rings. The lowest BCUT2D eigenvalue weighted by Crippen LogP contribution is -1.94. The topological polar surface area (TPSA) is 26.3 Å². The molecule has 0 aromatic heterocycles. The normalized spacial score (nSPS) is 14.2. The van der Waals surface area contributed by atoms with Crippen LogP contribution < -0.4 is 0 Å². The molecule has 1 aromatic rings. The summed E-state index contributed by atoms with van der Waals surface area (Å²) >= 11 is 3.33. The minimum absolute atomic E-state index is 0.201. The quantitative estimate of drug-likeness (QED) is 0.543. The highest BCUT2D eigenvalue weighted by Crippen LogP contribution is 2.21. The highest BCUT2D eigenvalue weighted by atomic mass is 79.9. The third-order valence-electron chi connectivity index (χ3n) is 1.91. The highest BCUT2D eigenvalue weighted by Gasteiger charge is 2.20. The molecule has 12 heavy (non-hydrogen) atoms. The molecule has 0 saturated heterocycles. The third kappa shape index (κ3) is 1.14. The molecule has 0 spiro atoms. The van der Waals surface area contributed by atoms with Crippen LogP contribution in [0.4, 0.5) is 0 Å². The van der Waals surface area contributed by atoms with E-state index in [-0.39, 0.29) is 5.97 Å². The van der Waals surface area contributed by atoms with Gasteiger partial charge in [0.2, 0.25) is 0 Å². The van der Waals surface area contributed by atoms with Gasteiger partial charge in [-0.1, -0.05) is 28.1 Å². The second-order valence-electron chi connectivity index (χ2n) is 2.70. The van der Waals surface area contributed by atoms with Gasteiger partial charge in [0.15, 0.2) is 0 Å². The lowest BCUT2D eigenvalue weighted by atomic mass is 10.1. The second kappa shape index (κ2) is 2.90. The van der Waals surface area contributed by atoms with Crippen molar-refractivity contribution >= 4 is 21.9 Å². The number of ether oxygens (including phenoxy) is 1. The average molecular weight is 227 g/mol. The maximum Gasteiger partial charge on any atom is 0.338 e. The Labute approximate surface area is 78.7 Å². The average Bonchev–Trinajstić information content (AvgIpc) is 2.47. The first-order chi connectivity index (χ1) is 5.81. The van der Waals surface area contributed by atoms with Crippen molar-refractivity contribution in [1.82, 2.24) is 0 Å². The number of fused-ring (bicyclic) bond motifs is 1. The second-order valence-corrected chi connectivity index (χ2v) is 3.26. The first-order valence-electron chi connectivity index (χ1n) is 3.66. The Hall–Kier alpha value is -0.830. The minimum atomic E-state index is -0.201. The highest BCUT2D eigenvalue weighted by molar-refractivity contribution is 9.08. The Morgan fingerprint density at radius 3 is 3.08 bits per heavy atom. The largest absolute Gasteiger partial charge is 0.457 e. The molecule has 0 saturated carbocycles. The zero-order chi connectivity index (χ0) is 8.55. The van der Waals surface area contributed by atoms with Crippen LogP contribution in [0.3, 0.4) is 0 Å². The van der Waals surface area contributed by atoms with E-state index in [1.807, 2.05) is 18.2 Å². The summed E-state index contributed by atoms with van der Waals surface area (Å²) in [6.45, 7) is 0.427. The maximum absolute atomic E-state index is 11.1. The standard InChI is InChI=1S/C9H7BrO2/c10-4-6-1-2-7-5-12-9(11)8(7)3-6/h1-3H,4-5H2. The molecule has 62 valence electrons. The van der Waals surface area contributed by atoms with E-state index in [1.54, 1.807) is 0 Å². The Morgan fingerprint density at radius 2 is 2.33 bits per heavy atom. The van der Waals surface area contributed by atoms with Gasteiger partial charge in [0.05, 0.1) is 5.56 Å². The van der Waals surface area contributed by atoms with Crippen LogP contribution >= 0.6 is 15.9 Å². The predicted molar refractivity (Wildman–Crippen MR) is 48.2 cm³/mol. The summed E-state index contributed by atoms with van der Waals surface area (Å²) in [5.41, 5.74) is 2.81. The molecule has 0 bridgehead atoms.